The Kier molecular flexibility index (Phi) is 3.87. The third kappa shape index (κ3) is 2.86. The molecule has 0 spiro atoms. The Morgan fingerprint density at radius 1 is 1.35 bits per heavy atom. The predicted molar refractivity (Wildman–Crippen MR) is 78.3 cm³/mol. The van der Waals surface area contributed by atoms with Crippen molar-refractivity contribution in [3.8, 4) is 17.6 Å². The van der Waals surface area contributed by atoms with Gasteiger partial charge in [0.15, 0.2) is 17.3 Å². The lowest BCUT2D eigenvalue weighted by Gasteiger charge is -2.15. The highest BCUT2D eigenvalue weighted by Gasteiger charge is 2.25. The number of carbonyl (C=O) groups excluding carboxylic acids is 1. The van der Waals surface area contributed by atoms with Crippen LogP contribution in [-0.2, 0) is 4.79 Å². The first-order chi connectivity index (χ1) is 9.32. The molecule has 0 aliphatic carbocycles. The van der Waals surface area contributed by atoms with E-state index in [1.54, 1.807) is 39.0 Å². The number of allylic oxidation sites excluding steroid dienone is 1. The molecule has 20 heavy (non-hydrogen) atoms. The zero-order valence-corrected chi connectivity index (χ0v) is 13.1. The molecular weight excluding hydrogens is 322 g/mol. The second-order valence-corrected chi connectivity index (χ2v) is 6.33. The molecule has 0 bridgehead atoms. The van der Waals surface area contributed by atoms with Crippen molar-refractivity contribution in [1.82, 2.24) is 0 Å². The number of ether oxygens (including phenoxy) is 2. The van der Waals surface area contributed by atoms with Gasteiger partial charge in [-0.1, -0.05) is 36.7 Å². The summed E-state index contributed by atoms with van der Waals surface area (Å²) in [5, 5.41) is 9.20. The number of nitriles is 1. The van der Waals surface area contributed by atoms with E-state index in [-0.39, 0.29) is 18.1 Å². The van der Waals surface area contributed by atoms with E-state index < -0.39 is 5.41 Å². The van der Waals surface area contributed by atoms with E-state index in [9.17, 15) is 10.1 Å². The zero-order chi connectivity index (χ0) is 14.9. The highest BCUT2D eigenvalue weighted by molar-refractivity contribution is 9.10. The predicted octanol–water partition coefficient (Wildman–Crippen LogP) is 3.70. The number of benzene rings is 1. The SMILES string of the molecule is CC(C)(C)C(=O)/C(C#N)=C/c1cc2c(cc1Br)OCO2. The van der Waals surface area contributed by atoms with Crippen molar-refractivity contribution < 1.29 is 14.3 Å². The van der Waals surface area contributed by atoms with Crippen LogP contribution in [0.4, 0.5) is 0 Å². The van der Waals surface area contributed by atoms with E-state index in [0.717, 1.165) is 4.47 Å². The van der Waals surface area contributed by atoms with Gasteiger partial charge in [0.1, 0.15) is 6.07 Å². The number of rotatable bonds is 2. The molecule has 0 fully saturated rings. The number of hydrogen-bond donors (Lipinski definition) is 0. The third-order valence-electron chi connectivity index (χ3n) is 2.84. The molecule has 0 saturated heterocycles. The fourth-order valence-corrected chi connectivity index (χ4v) is 2.19. The van der Waals surface area contributed by atoms with Gasteiger partial charge in [-0.25, -0.2) is 0 Å². The lowest BCUT2D eigenvalue weighted by atomic mass is 9.86. The van der Waals surface area contributed by atoms with Crippen molar-refractivity contribution in [3.05, 3.63) is 27.7 Å². The van der Waals surface area contributed by atoms with Gasteiger partial charge in [0.2, 0.25) is 6.79 Å². The standard InChI is InChI=1S/C15H14BrNO3/c1-15(2,3)14(18)10(7-17)4-9-5-12-13(6-11(9)16)20-8-19-12/h4-6H,8H2,1-3H3/b10-4+. The van der Waals surface area contributed by atoms with Crippen LogP contribution >= 0.6 is 15.9 Å². The van der Waals surface area contributed by atoms with E-state index in [0.29, 0.717) is 17.1 Å². The van der Waals surface area contributed by atoms with Crippen molar-refractivity contribution in [1.29, 1.82) is 5.26 Å². The van der Waals surface area contributed by atoms with Gasteiger partial charge < -0.3 is 9.47 Å². The van der Waals surface area contributed by atoms with Gasteiger partial charge in [0, 0.05) is 9.89 Å². The Bertz CT molecular complexity index is 636. The van der Waals surface area contributed by atoms with Crippen molar-refractivity contribution in [3.63, 3.8) is 0 Å². The summed E-state index contributed by atoms with van der Waals surface area (Å²) in [6, 6.07) is 5.49. The van der Waals surface area contributed by atoms with Crippen molar-refractivity contribution in [2.24, 2.45) is 5.41 Å². The van der Waals surface area contributed by atoms with Crippen molar-refractivity contribution >= 4 is 27.8 Å². The maximum Gasteiger partial charge on any atom is 0.231 e. The normalized spacial score (nSPS) is 14.1. The molecule has 0 unspecified atom stereocenters. The molecule has 1 heterocycles. The molecule has 2 rings (SSSR count). The van der Waals surface area contributed by atoms with Gasteiger partial charge >= 0.3 is 0 Å². The molecule has 5 heteroatoms. The van der Waals surface area contributed by atoms with Crippen LogP contribution in [0.1, 0.15) is 26.3 Å². The number of fused-ring (bicyclic) bond motifs is 1. The third-order valence-corrected chi connectivity index (χ3v) is 3.52. The lowest BCUT2D eigenvalue weighted by molar-refractivity contribution is -0.121. The minimum absolute atomic E-state index is 0.122. The Labute approximate surface area is 126 Å². The molecule has 0 atom stereocenters. The second-order valence-electron chi connectivity index (χ2n) is 5.48. The van der Waals surface area contributed by atoms with Crippen LogP contribution in [-0.4, -0.2) is 12.6 Å². The average Bonchev–Trinajstić information content (AvgIpc) is 2.80. The molecule has 0 N–H and O–H groups in total. The summed E-state index contributed by atoms with van der Waals surface area (Å²) in [7, 11) is 0. The van der Waals surface area contributed by atoms with Gasteiger partial charge in [-0.15, -0.1) is 0 Å². The number of halogens is 1. The number of Topliss-reactive ketones (excluding diaryl/α,β-unsaturated/α-hetero) is 1. The first-order valence-corrected chi connectivity index (χ1v) is 6.88. The molecule has 1 aliphatic rings. The minimum Gasteiger partial charge on any atom is -0.454 e. The van der Waals surface area contributed by atoms with Crippen molar-refractivity contribution in [2.45, 2.75) is 20.8 Å². The number of ketones is 1. The summed E-state index contributed by atoms with van der Waals surface area (Å²) in [6.07, 6.45) is 1.57. The van der Waals surface area contributed by atoms with Gasteiger partial charge in [-0.2, -0.15) is 5.26 Å². The molecule has 1 aromatic carbocycles. The topological polar surface area (TPSA) is 59.3 Å². The van der Waals surface area contributed by atoms with Gasteiger partial charge in [-0.3, -0.25) is 4.79 Å². The first kappa shape index (κ1) is 14.6. The summed E-state index contributed by atoms with van der Waals surface area (Å²) < 4.78 is 11.3. The minimum atomic E-state index is -0.593. The summed E-state index contributed by atoms with van der Waals surface area (Å²) in [6.45, 7) is 5.54. The van der Waals surface area contributed by atoms with Gasteiger partial charge in [-0.05, 0) is 23.8 Å². The number of carbonyl (C=O) groups is 1. The van der Waals surface area contributed by atoms with Crippen LogP contribution < -0.4 is 9.47 Å². The molecule has 1 aromatic rings. The number of nitrogens with zero attached hydrogens (tertiary/aromatic N) is 1. The smallest absolute Gasteiger partial charge is 0.231 e. The molecular formula is C15H14BrNO3. The highest BCUT2D eigenvalue weighted by atomic mass is 79.9. The fraction of sp³-hybridized carbons (Fsp3) is 0.333. The molecule has 4 nitrogen and oxygen atoms in total. The summed E-state index contributed by atoms with van der Waals surface area (Å²) in [5.74, 6) is 1.07. The van der Waals surface area contributed by atoms with Gasteiger partial charge in [0.05, 0.1) is 5.57 Å². The maximum atomic E-state index is 12.2. The quantitative estimate of drug-likeness (QED) is 0.610. The zero-order valence-electron chi connectivity index (χ0n) is 11.5. The summed E-state index contributed by atoms with van der Waals surface area (Å²) >= 11 is 3.41. The van der Waals surface area contributed by atoms with Crippen LogP contribution in [0.3, 0.4) is 0 Å². The van der Waals surface area contributed by atoms with Gasteiger partial charge in [0.25, 0.3) is 0 Å². The first-order valence-electron chi connectivity index (χ1n) is 6.08. The highest BCUT2D eigenvalue weighted by Crippen LogP contribution is 2.38. The average molecular weight is 336 g/mol. The lowest BCUT2D eigenvalue weighted by Crippen LogP contribution is -2.21. The van der Waals surface area contributed by atoms with Crippen LogP contribution in [0.15, 0.2) is 22.2 Å². The monoisotopic (exact) mass is 335 g/mol. The molecule has 0 saturated carbocycles. The Morgan fingerprint density at radius 2 is 1.95 bits per heavy atom. The molecule has 0 aromatic heterocycles. The molecule has 0 radical (unpaired) electrons. The maximum absolute atomic E-state index is 12.2. The van der Waals surface area contributed by atoms with Crippen LogP contribution in [0, 0.1) is 16.7 Å². The molecule has 1 aliphatic heterocycles. The van der Waals surface area contributed by atoms with E-state index in [4.69, 9.17) is 9.47 Å². The summed E-state index contributed by atoms with van der Waals surface area (Å²) in [4.78, 5) is 12.2. The van der Waals surface area contributed by atoms with E-state index in [1.807, 2.05) is 6.07 Å². The molecule has 104 valence electrons. The molecule has 0 amide bonds. The van der Waals surface area contributed by atoms with E-state index in [1.165, 1.54) is 0 Å². The van der Waals surface area contributed by atoms with Crippen molar-refractivity contribution in [2.75, 3.05) is 6.79 Å². The largest absolute Gasteiger partial charge is 0.454 e. The Hall–Kier alpha value is -1.80. The fourth-order valence-electron chi connectivity index (χ4n) is 1.75. The van der Waals surface area contributed by atoms with E-state index >= 15 is 0 Å². The van der Waals surface area contributed by atoms with E-state index in [2.05, 4.69) is 15.9 Å². The summed E-state index contributed by atoms with van der Waals surface area (Å²) in [5.41, 5.74) is 0.241. The Balaban J connectivity index is 2.44. The second kappa shape index (κ2) is 5.29. The number of hydrogen-bond acceptors (Lipinski definition) is 4. The van der Waals surface area contributed by atoms with Crippen LogP contribution in [0.5, 0.6) is 11.5 Å². The van der Waals surface area contributed by atoms with Crippen LogP contribution in [0.2, 0.25) is 0 Å². The van der Waals surface area contributed by atoms with Crippen LogP contribution in [0.25, 0.3) is 6.08 Å². The Morgan fingerprint density at radius 3 is 2.50 bits per heavy atom.